The molecule has 1 aliphatic rings. The van der Waals surface area contributed by atoms with E-state index in [2.05, 4.69) is 51.8 Å². The van der Waals surface area contributed by atoms with Crippen LogP contribution in [-0.2, 0) is 4.74 Å². The van der Waals surface area contributed by atoms with E-state index in [0.717, 1.165) is 25.6 Å². The second kappa shape index (κ2) is 8.35. The summed E-state index contributed by atoms with van der Waals surface area (Å²) < 4.78 is 5.50. The second-order valence-electron chi connectivity index (χ2n) is 7.51. The summed E-state index contributed by atoms with van der Waals surface area (Å²) in [6.45, 7) is 17.1. The van der Waals surface area contributed by atoms with Gasteiger partial charge in [0, 0.05) is 38.3 Å². The molecule has 1 rings (SSSR count). The molecule has 3 nitrogen and oxygen atoms in total. The van der Waals surface area contributed by atoms with Crippen LogP contribution in [0.5, 0.6) is 0 Å². The second-order valence-corrected chi connectivity index (χ2v) is 7.51. The van der Waals surface area contributed by atoms with Gasteiger partial charge in [-0.2, -0.15) is 0 Å². The Morgan fingerprint density at radius 1 is 1.15 bits per heavy atom. The molecule has 20 heavy (non-hydrogen) atoms. The summed E-state index contributed by atoms with van der Waals surface area (Å²) in [5.41, 5.74) is 0. The monoisotopic (exact) mass is 284 g/mol. The minimum Gasteiger partial charge on any atom is -0.383 e. The number of nitrogens with zero attached hydrogens (tertiary/aromatic N) is 1. The van der Waals surface area contributed by atoms with Crippen molar-refractivity contribution in [2.45, 2.75) is 66.1 Å². The van der Waals surface area contributed by atoms with Crippen LogP contribution in [0.2, 0.25) is 0 Å². The molecule has 0 spiro atoms. The smallest absolute Gasteiger partial charge is 0.0620 e. The zero-order valence-electron chi connectivity index (χ0n) is 14.6. The molecule has 0 radical (unpaired) electrons. The predicted molar refractivity (Wildman–Crippen MR) is 87.1 cm³/mol. The summed E-state index contributed by atoms with van der Waals surface area (Å²) in [7, 11) is 1.83. The van der Waals surface area contributed by atoms with Crippen LogP contribution in [0.15, 0.2) is 0 Å². The van der Waals surface area contributed by atoms with Gasteiger partial charge < -0.3 is 10.1 Å². The normalized spacial score (nSPS) is 26.7. The lowest BCUT2D eigenvalue weighted by Crippen LogP contribution is -2.63. The molecule has 0 saturated carbocycles. The van der Waals surface area contributed by atoms with Crippen molar-refractivity contribution in [2.24, 2.45) is 17.8 Å². The largest absolute Gasteiger partial charge is 0.383 e. The molecule has 0 aliphatic carbocycles. The maximum absolute atomic E-state index is 5.50. The lowest BCUT2D eigenvalue weighted by molar-refractivity contribution is -0.00471. The maximum atomic E-state index is 5.50. The Hall–Kier alpha value is -0.120. The van der Waals surface area contributed by atoms with Gasteiger partial charge in [0.1, 0.15) is 0 Å². The average molecular weight is 284 g/mol. The zero-order chi connectivity index (χ0) is 15.3. The first-order valence-electron chi connectivity index (χ1n) is 8.34. The van der Waals surface area contributed by atoms with Gasteiger partial charge in [-0.3, -0.25) is 4.90 Å². The van der Waals surface area contributed by atoms with Gasteiger partial charge in [0.15, 0.2) is 0 Å². The number of methoxy groups -OCH3 is 1. The van der Waals surface area contributed by atoms with Crippen molar-refractivity contribution < 1.29 is 4.74 Å². The van der Waals surface area contributed by atoms with Crippen LogP contribution in [0.4, 0.5) is 0 Å². The Morgan fingerprint density at radius 3 is 2.25 bits per heavy atom. The molecule has 1 aliphatic heterocycles. The van der Waals surface area contributed by atoms with E-state index in [0.29, 0.717) is 30.0 Å². The topological polar surface area (TPSA) is 24.5 Å². The van der Waals surface area contributed by atoms with E-state index >= 15 is 0 Å². The van der Waals surface area contributed by atoms with Gasteiger partial charge in [0.2, 0.25) is 0 Å². The van der Waals surface area contributed by atoms with Crippen LogP contribution in [0, 0.1) is 17.8 Å². The molecule has 0 bridgehead atoms. The van der Waals surface area contributed by atoms with Crippen LogP contribution in [0.3, 0.4) is 0 Å². The number of rotatable bonds is 7. The number of hydrogen-bond donors (Lipinski definition) is 1. The van der Waals surface area contributed by atoms with Crippen LogP contribution in [0.1, 0.15) is 48.0 Å². The molecule has 1 heterocycles. The molecule has 0 amide bonds. The van der Waals surface area contributed by atoms with Crippen molar-refractivity contribution in [2.75, 3.05) is 26.8 Å². The maximum Gasteiger partial charge on any atom is 0.0620 e. The van der Waals surface area contributed by atoms with E-state index in [4.69, 9.17) is 4.74 Å². The summed E-state index contributed by atoms with van der Waals surface area (Å²) >= 11 is 0. The van der Waals surface area contributed by atoms with Gasteiger partial charge in [0.05, 0.1) is 6.61 Å². The summed E-state index contributed by atoms with van der Waals surface area (Å²) in [5.74, 6) is 2.07. The highest BCUT2D eigenvalue weighted by Gasteiger charge is 2.35. The van der Waals surface area contributed by atoms with Gasteiger partial charge in [0.25, 0.3) is 0 Å². The van der Waals surface area contributed by atoms with Crippen molar-refractivity contribution in [3.8, 4) is 0 Å². The quantitative estimate of drug-likeness (QED) is 0.778. The van der Waals surface area contributed by atoms with Crippen molar-refractivity contribution in [1.82, 2.24) is 10.2 Å². The van der Waals surface area contributed by atoms with Gasteiger partial charge in [-0.05, 0) is 24.2 Å². The fourth-order valence-electron chi connectivity index (χ4n) is 3.43. The highest BCUT2D eigenvalue weighted by Crippen LogP contribution is 2.24. The number of hydrogen-bond acceptors (Lipinski definition) is 3. The summed E-state index contributed by atoms with van der Waals surface area (Å²) in [4.78, 5) is 2.72. The van der Waals surface area contributed by atoms with Crippen LogP contribution < -0.4 is 5.32 Å². The van der Waals surface area contributed by atoms with Gasteiger partial charge in [-0.25, -0.2) is 0 Å². The molecule has 0 aromatic rings. The molecule has 0 aromatic carbocycles. The summed E-state index contributed by atoms with van der Waals surface area (Å²) in [5, 5.41) is 3.77. The van der Waals surface area contributed by atoms with Gasteiger partial charge >= 0.3 is 0 Å². The molecule has 1 fully saturated rings. The SMILES string of the molecule is COCC(C(C)C)N1CC(CC(C)C)NCC1C(C)C. The standard InChI is InChI=1S/C17H36N2O/c1-12(2)8-15-10-19(16(9-18-15)13(3)4)17(11-20-7)14(5)6/h12-18H,8-11H2,1-7H3. The van der Waals surface area contributed by atoms with E-state index in [-0.39, 0.29) is 0 Å². The third-order valence-corrected chi connectivity index (χ3v) is 4.53. The molecular weight excluding hydrogens is 248 g/mol. The fraction of sp³-hybridized carbons (Fsp3) is 1.00. The van der Waals surface area contributed by atoms with Crippen molar-refractivity contribution in [3.05, 3.63) is 0 Å². The lowest BCUT2D eigenvalue weighted by atomic mass is 9.91. The molecule has 120 valence electrons. The number of piperazine rings is 1. The van der Waals surface area contributed by atoms with Crippen LogP contribution in [0.25, 0.3) is 0 Å². The van der Waals surface area contributed by atoms with Gasteiger partial charge in [-0.1, -0.05) is 41.5 Å². The third-order valence-electron chi connectivity index (χ3n) is 4.53. The minimum atomic E-state index is 0.532. The predicted octanol–water partition coefficient (Wildman–Crippen LogP) is 3.00. The van der Waals surface area contributed by atoms with E-state index < -0.39 is 0 Å². The van der Waals surface area contributed by atoms with Crippen molar-refractivity contribution >= 4 is 0 Å². The Balaban J connectivity index is 2.81. The Morgan fingerprint density at radius 2 is 1.80 bits per heavy atom. The van der Waals surface area contributed by atoms with Crippen molar-refractivity contribution in [3.63, 3.8) is 0 Å². The lowest BCUT2D eigenvalue weighted by Gasteiger charge is -2.48. The highest BCUT2D eigenvalue weighted by atomic mass is 16.5. The summed E-state index contributed by atoms with van der Waals surface area (Å²) in [6, 6.07) is 1.79. The molecule has 0 aromatic heterocycles. The summed E-state index contributed by atoms with van der Waals surface area (Å²) in [6.07, 6.45) is 1.26. The van der Waals surface area contributed by atoms with Gasteiger partial charge in [-0.15, -0.1) is 0 Å². The average Bonchev–Trinajstić information content (AvgIpc) is 2.34. The fourth-order valence-corrected chi connectivity index (χ4v) is 3.43. The van der Waals surface area contributed by atoms with E-state index in [1.165, 1.54) is 6.42 Å². The molecule has 3 unspecified atom stereocenters. The van der Waals surface area contributed by atoms with Crippen LogP contribution >= 0.6 is 0 Å². The first-order valence-corrected chi connectivity index (χ1v) is 8.34. The van der Waals surface area contributed by atoms with E-state index in [1.54, 1.807) is 0 Å². The Kier molecular flexibility index (Phi) is 7.49. The first-order chi connectivity index (χ1) is 9.36. The molecule has 1 N–H and O–H groups in total. The Labute approximate surface area is 126 Å². The highest BCUT2D eigenvalue weighted by molar-refractivity contribution is 4.92. The number of ether oxygens (including phenoxy) is 1. The molecule has 3 heteroatoms. The number of nitrogens with one attached hydrogen (secondary N) is 1. The zero-order valence-corrected chi connectivity index (χ0v) is 14.6. The molecule has 3 atom stereocenters. The van der Waals surface area contributed by atoms with E-state index in [9.17, 15) is 0 Å². The minimum absolute atomic E-state index is 0.532. The van der Waals surface area contributed by atoms with Crippen molar-refractivity contribution in [1.29, 1.82) is 0 Å². The molecule has 1 saturated heterocycles. The molecular formula is C17H36N2O. The van der Waals surface area contributed by atoms with Crippen LogP contribution in [-0.4, -0.2) is 49.8 Å². The third kappa shape index (κ3) is 5.01. The Bertz CT molecular complexity index is 266. The first kappa shape index (κ1) is 17.9. The van der Waals surface area contributed by atoms with E-state index in [1.807, 2.05) is 7.11 Å².